The van der Waals surface area contributed by atoms with Crippen molar-refractivity contribution < 1.29 is 4.79 Å². The van der Waals surface area contributed by atoms with Gasteiger partial charge in [0.25, 0.3) is 0 Å². The number of carbonyl (C=O) groups is 1. The SMILES string of the molecule is CNC(C)C(=O)Nc1ccc(-c2cncc(-c3ccccc3)c2)c(C#Cc2ccccc2)n1. The molecular formula is C28H24N4O. The van der Waals surface area contributed by atoms with Gasteiger partial charge in [0.15, 0.2) is 0 Å². The number of hydrogen-bond acceptors (Lipinski definition) is 4. The van der Waals surface area contributed by atoms with Crippen LogP contribution in [0, 0.1) is 11.8 Å². The van der Waals surface area contributed by atoms with Gasteiger partial charge in [-0.15, -0.1) is 0 Å². The molecular weight excluding hydrogens is 408 g/mol. The summed E-state index contributed by atoms with van der Waals surface area (Å²) in [6.07, 6.45) is 3.65. The highest BCUT2D eigenvalue weighted by Crippen LogP contribution is 2.28. The summed E-state index contributed by atoms with van der Waals surface area (Å²) in [6.45, 7) is 1.79. The highest BCUT2D eigenvalue weighted by Gasteiger charge is 2.13. The van der Waals surface area contributed by atoms with Gasteiger partial charge in [-0.25, -0.2) is 4.98 Å². The Morgan fingerprint density at radius 2 is 1.55 bits per heavy atom. The molecule has 0 aliphatic rings. The number of nitrogens with zero attached hydrogens (tertiary/aromatic N) is 2. The molecule has 1 atom stereocenters. The number of pyridine rings is 2. The number of carbonyl (C=O) groups excluding carboxylic acids is 1. The van der Waals surface area contributed by atoms with Gasteiger partial charge in [-0.05, 0) is 55.8 Å². The van der Waals surface area contributed by atoms with Gasteiger partial charge in [-0.1, -0.05) is 54.5 Å². The van der Waals surface area contributed by atoms with Crippen molar-refractivity contribution in [2.45, 2.75) is 13.0 Å². The summed E-state index contributed by atoms with van der Waals surface area (Å²) in [6, 6.07) is 25.3. The summed E-state index contributed by atoms with van der Waals surface area (Å²) in [4.78, 5) is 21.4. The predicted octanol–water partition coefficient (Wildman–Crippen LogP) is 4.76. The van der Waals surface area contributed by atoms with Crippen LogP contribution in [0.4, 0.5) is 5.82 Å². The molecule has 0 aliphatic heterocycles. The molecule has 5 nitrogen and oxygen atoms in total. The zero-order valence-corrected chi connectivity index (χ0v) is 18.5. The molecule has 33 heavy (non-hydrogen) atoms. The van der Waals surface area contributed by atoms with E-state index in [-0.39, 0.29) is 11.9 Å². The van der Waals surface area contributed by atoms with E-state index in [4.69, 9.17) is 0 Å². The fraction of sp³-hybridized carbons (Fsp3) is 0.107. The van der Waals surface area contributed by atoms with E-state index in [0.717, 1.165) is 27.8 Å². The zero-order chi connectivity index (χ0) is 23.0. The molecule has 0 fully saturated rings. The summed E-state index contributed by atoms with van der Waals surface area (Å²) < 4.78 is 0. The lowest BCUT2D eigenvalue weighted by Crippen LogP contribution is -2.35. The molecule has 0 bridgehead atoms. The molecule has 4 aromatic rings. The maximum Gasteiger partial charge on any atom is 0.242 e. The second kappa shape index (κ2) is 10.4. The maximum atomic E-state index is 12.3. The van der Waals surface area contributed by atoms with Crippen LogP contribution in [0.2, 0.25) is 0 Å². The molecule has 5 heteroatoms. The molecule has 1 amide bonds. The van der Waals surface area contributed by atoms with Gasteiger partial charge in [0.05, 0.1) is 6.04 Å². The Balaban J connectivity index is 1.76. The van der Waals surface area contributed by atoms with Crippen LogP contribution in [-0.4, -0.2) is 29.0 Å². The number of rotatable bonds is 5. The number of benzene rings is 2. The highest BCUT2D eigenvalue weighted by molar-refractivity contribution is 5.94. The van der Waals surface area contributed by atoms with Crippen molar-refractivity contribution in [1.82, 2.24) is 15.3 Å². The normalized spacial score (nSPS) is 11.2. The van der Waals surface area contributed by atoms with Gasteiger partial charge < -0.3 is 10.6 Å². The van der Waals surface area contributed by atoms with Crippen molar-refractivity contribution in [3.05, 3.63) is 103 Å². The molecule has 0 spiro atoms. The number of hydrogen-bond donors (Lipinski definition) is 2. The Morgan fingerprint density at radius 3 is 2.27 bits per heavy atom. The van der Waals surface area contributed by atoms with Crippen LogP contribution < -0.4 is 10.6 Å². The smallest absolute Gasteiger partial charge is 0.242 e. The van der Waals surface area contributed by atoms with E-state index in [2.05, 4.69) is 50.6 Å². The van der Waals surface area contributed by atoms with Gasteiger partial charge in [0, 0.05) is 34.6 Å². The molecule has 2 N–H and O–H groups in total. The van der Waals surface area contributed by atoms with Crippen LogP contribution in [0.1, 0.15) is 18.2 Å². The van der Waals surface area contributed by atoms with Gasteiger partial charge in [-0.2, -0.15) is 0 Å². The standard InChI is InChI=1S/C28H24N4O/c1-20(29-2)28(33)32-27-16-14-25(26(31-27)15-13-21-9-5-3-6-10-21)24-17-23(18-30-19-24)22-11-7-4-8-12-22/h3-12,14,16-20,29H,1-2H3,(H,31,32,33). The van der Waals surface area contributed by atoms with E-state index < -0.39 is 0 Å². The van der Waals surface area contributed by atoms with Crippen molar-refractivity contribution in [3.8, 4) is 34.1 Å². The number of likely N-dealkylation sites (N-methyl/N-ethyl adjacent to an activating group) is 1. The third-order valence-electron chi connectivity index (χ3n) is 5.23. The largest absolute Gasteiger partial charge is 0.309 e. The van der Waals surface area contributed by atoms with E-state index in [1.807, 2.05) is 60.8 Å². The van der Waals surface area contributed by atoms with E-state index in [9.17, 15) is 4.79 Å². The zero-order valence-electron chi connectivity index (χ0n) is 18.5. The summed E-state index contributed by atoms with van der Waals surface area (Å²) in [5.41, 5.74) is 5.31. The Hall–Kier alpha value is -4.27. The monoisotopic (exact) mass is 432 g/mol. The first-order valence-electron chi connectivity index (χ1n) is 10.7. The fourth-order valence-corrected chi connectivity index (χ4v) is 3.25. The van der Waals surface area contributed by atoms with Crippen LogP contribution in [0.25, 0.3) is 22.3 Å². The molecule has 0 aliphatic carbocycles. The van der Waals surface area contributed by atoms with Crippen LogP contribution in [0.15, 0.2) is 91.3 Å². The number of aromatic nitrogens is 2. The summed E-state index contributed by atoms with van der Waals surface area (Å²) in [5, 5.41) is 5.78. The van der Waals surface area contributed by atoms with E-state index >= 15 is 0 Å². The molecule has 162 valence electrons. The number of amides is 1. The summed E-state index contributed by atoms with van der Waals surface area (Å²) in [5.74, 6) is 6.66. The fourth-order valence-electron chi connectivity index (χ4n) is 3.25. The van der Waals surface area contributed by atoms with Crippen molar-refractivity contribution in [2.75, 3.05) is 12.4 Å². The number of nitrogens with one attached hydrogen (secondary N) is 2. The van der Waals surface area contributed by atoms with E-state index in [1.165, 1.54) is 0 Å². The Kier molecular flexibility index (Phi) is 6.89. The van der Waals surface area contributed by atoms with Gasteiger partial charge in [0.2, 0.25) is 5.91 Å². The first-order valence-corrected chi connectivity index (χ1v) is 10.7. The van der Waals surface area contributed by atoms with E-state index in [1.54, 1.807) is 26.2 Å². The molecule has 4 rings (SSSR count). The van der Waals surface area contributed by atoms with Gasteiger partial charge in [-0.3, -0.25) is 9.78 Å². The third-order valence-corrected chi connectivity index (χ3v) is 5.23. The average Bonchev–Trinajstić information content (AvgIpc) is 2.88. The van der Waals surface area contributed by atoms with Crippen molar-refractivity contribution in [1.29, 1.82) is 0 Å². The molecule has 0 radical (unpaired) electrons. The summed E-state index contributed by atoms with van der Waals surface area (Å²) >= 11 is 0. The molecule has 2 aromatic heterocycles. The highest BCUT2D eigenvalue weighted by atomic mass is 16.2. The minimum atomic E-state index is -0.336. The van der Waals surface area contributed by atoms with Crippen LogP contribution >= 0.6 is 0 Å². The second-order valence-corrected chi connectivity index (χ2v) is 7.54. The maximum absolute atomic E-state index is 12.3. The predicted molar refractivity (Wildman–Crippen MR) is 132 cm³/mol. The Morgan fingerprint density at radius 1 is 0.848 bits per heavy atom. The first kappa shape index (κ1) is 21.9. The minimum absolute atomic E-state index is 0.160. The van der Waals surface area contributed by atoms with E-state index in [0.29, 0.717) is 11.5 Å². The summed E-state index contributed by atoms with van der Waals surface area (Å²) in [7, 11) is 1.74. The van der Waals surface area contributed by atoms with Crippen molar-refractivity contribution in [2.24, 2.45) is 0 Å². The van der Waals surface area contributed by atoms with Gasteiger partial charge >= 0.3 is 0 Å². The lowest BCUT2D eigenvalue weighted by Gasteiger charge is -2.12. The minimum Gasteiger partial charge on any atom is -0.309 e. The quantitative estimate of drug-likeness (QED) is 0.447. The number of anilines is 1. The van der Waals surface area contributed by atoms with Crippen molar-refractivity contribution in [3.63, 3.8) is 0 Å². The third kappa shape index (κ3) is 5.51. The molecule has 0 saturated heterocycles. The lowest BCUT2D eigenvalue weighted by atomic mass is 10.0. The Bertz CT molecular complexity index is 1310. The lowest BCUT2D eigenvalue weighted by molar-refractivity contribution is -0.117. The molecule has 2 aromatic carbocycles. The van der Waals surface area contributed by atoms with Crippen LogP contribution in [0.3, 0.4) is 0 Å². The molecule has 2 heterocycles. The Labute approximate surface area is 193 Å². The van der Waals surface area contributed by atoms with Gasteiger partial charge in [0.1, 0.15) is 11.5 Å². The van der Waals surface area contributed by atoms with Crippen molar-refractivity contribution >= 4 is 11.7 Å². The molecule has 1 unspecified atom stereocenters. The molecule has 0 saturated carbocycles. The first-order chi connectivity index (χ1) is 16.1. The second-order valence-electron chi connectivity index (χ2n) is 7.54. The van der Waals surface area contributed by atoms with Crippen LogP contribution in [0.5, 0.6) is 0 Å². The van der Waals surface area contributed by atoms with Crippen LogP contribution in [-0.2, 0) is 4.79 Å². The topological polar surface area (TPSA) is 66.9 Å². The average molecular weight is 433 g/mol.